The van der Waals surface area contributed by atoms with Crippen molar-refractivity contribution < 1.29 is 0 Å². The zero-order chi connectivity index (χ0) is 12.4. The first-order valence-electron chi connectivity index (χ1n) is 6.88. The Morgan fingerprint density at radius 1 is 1.24 bits per heavy atom. The highest BCUT2D eigenvalue weighted by Gasteiger charge is 2.37. The van der Waals surface area contributed by atoms with Gasteiger partial charge in [0.25, 0.3) is 0 Å². The number of nitrogens with one attached hydrogen (secondary N) is 1. The van der Waals surface area contributed by atoms with E-state index in [0.717, 1.165) is 23.8 Å². The summed E-state index contributed by atoms with van der Waals surface area (Å²) in [4.78, 5) is 0. The zero-order valence-electron chi connectivity index (χ0n) is 11.5. The summed E-state index contributed by atoms with van der Waals surface area (Å²) in [6, 6.07) is 10.0. The van der Waals surface area contributed by atoms with Gasteiger partial charge in [-0.3, -0.25) is 0 Å². The van der Waals surface area contributed by atoms with E-state index in [1.54, 1.807) is 0 Å². The Bertz CT molecular complexity index is 352. The van der Waals surface area contributed by atoms with Crippen LogP contribution in [0.5, 0.6) is 0 Å². The highest BCUT2D eigenvalue weighted by molar-refractivity contribution is 5.28. The highest BCUT2D eigenvalue weighted by atomic mass is 14.9. The van der Waals surface area contributed by atoms with Gasteiger partial charge in [0, 0.05) is 6.04 Å². The molecule has 1 N–H and O–H groups in total. The first kappa shape index (κ1) is 12.6. The molecule has 1 saturated carbocycles. The van der Waals surface area contributed by atoms with Crippen molar-refractivity contribution in [3.8, 4) is 0 Å². The summed E-state index contributed by atoms with van der Waals surface area (Å²) in [5, 5.41) is 3.39. The molecule has 2 rings (SSSR count). The molecule has 3 unspecified atom stereocenters. The van der Waals surface area contributed by atoms with E-state index in [1.807, 2.05) is 0 Å². The summed E-state index contributed by atoms with van der Waals surface area (Å²) in [7, 11) is 2.07. The van der Waals surface area contributed by atoms with Gasteiger partial charge >= 0.3 is 0 Å². The molecule has 1 fully saturated rings. The van der Waals surface area contributed by atoms with Crippen molar-refractivity contribution in [3.63, 3.8) is 0 Å². The van der Waals surface area contributed by atoms with Gasteiger partial charge in [-0.15, -0.1) is 0 Å². The molecular formula is C16H25N. The standard InChI is InChI=1S/C16H25N/c1-11(2)9-13-5-7-14(8-6-13)15-10-16(17-4)12(15)3/h5-8,11-12,15-17H,9-10H2,1-4H3. The fraction of sp³-hybridized carbons (Fsp3) is 0.625. The SMILES string of the molecule is CNC1CC(c2ccc(CC(C)C)cc2)C1C. The van der Waals surface area contributed by atoms with Crippen molar-refractivity contribution in [1.82, 2.24) is 5.32 Å². The molecule has 17 heavy (non-hydrogen) atoms. The molecule has 3 atom stereocenters. The molecular weight excluding hydrogens is 206 g/mol. The van der Waals surface area contributed by atoms with Crippen molar-refractivity contribution in [3.05, 3.63) is 35.4 Å². The number of hydrogen-bond acceptors (Lipinski definition) is 1. The van der Waals surface area contributed by atoms with Crippen LogP contribution in [-0.2, 0) is 6.42 Å². The van der Waals surface area contributed by atoms with Gasteiger partial charge in [0.05, 0.1) is 0 Å². The third-order valence-corrected chi connectivity index (χ3v) is 4.20. The molecule has 0 aliphatic heterocycles. The predicted molar refractivity (Wildman–Crippen MR) is 74.4 cm³/mol. The van der Waals surface area contributed by atoms with Crippen molar-refractivity contribution in [1.29, 1.82) is 0 Å². The molecule has 1 aliphatic rings. The van der Waals surface area contributed by atoms with E-state index in [4.69, 9.17) is 0 Å². The predicted octanol–water partition coefficient (Wildman–Crippen LogP) is 3.60. The van der Waals surface area contributed by atoms with Crippen LogP contribution in [0.15, 0.2) is 24.3 Å². The van der Waals surface area contributed by atoms with Crippen molar-refractivity contribution in [2.24, 2.45) is 11.8 Å². The fourth-order valence-corrected chi connectivity index (χ4v) is 2.98. The summed E-state index contributed by atoms with van der Waals surface area (Å²) >= 11 is 0. The van der Waals surface area contributed by atoms with Gasteiger partial charge in [-0.2, -0.15) is 0 Å². The van der Waals surface area contributed by atoms with E-state index in [0.29, 0.717) is 0 Å². The van der Waals surface area contributed by atoms with Crippen LogP contribution in [0.3, 0.4) is 0 Å². The topological polar surface area (TPSA) is 12.0 Å². The summed E-state index contributed by atoms with van der Waals surface area (Å²) in [6.45, 7) is 6.91. The van der Waals surface area contributed by atoms with Gasteiger partial charge in [-0.1, -0.05) is 45.0 Å². The molecule has 1 aromatic carbocycles. The average molecular weight is 231 g/mol. The molecule has 0 bridgehead atoms. The van der Waals surface area contributed by atoms with Gasteiger partial charge in [0.1, 0.15) is 0 Å². The number of hydrogen-bond donors (Lipinski definition) is 1. The summed E-state index contributed by atoms with van der Waals surface area (Å²) in [6.07, 6.45) is 2.49. The van der Waals surface area contributed by atoms with Gasteiger partial charge in [-0.25, -0.2) is 0 Å². The maximum Gasteiger partial charge on any atom is 0.0101 e. The van der Waals surface area contributed by atoms with E-state index >= 15 is 0 Å². The quantitative estimate of drug-likeness (QED) is 0.835. The van der Waals surface area contributed by atoms with Gasteiger partial charge in [0.2, 0.25) is 0 Å². The minimum Gasteiger partial charge on any atom is -0.317 e. The Kier molecular flexibility index (Phi) is 3.88. The Labute approximate surface area is 106 Å². The number of rotatable bonds is 4. The maximum absolute atomic E-state index is 3.39. The van der Waals surface area contributed by atoms with Crippen molar-refractivity contribution >= 4 is 0 Å². The van der Waals surface area contributed by atoms with E-state index < -0.39 is 0 Å². The Morgan fingerprint density at radius 3 is 2.35 bits per heavy atom. The zero-order valence-corrected chi connectivity index (χ0v) is 11.5. The van der Waals surface area contributed by atoms with Crippen LogP contribution in [0.4, 0.5) is 0 Å². The van der Waals surface area contributed by atoms with Crippen LogP contribution in [0.2, 0.25) is 0 Å². The second-order valence-corrected chi connectivity index (χ2v) is 5.94. The van der Waals surface area contributed by atoms with E-state index in [1.165, 1.54) is 24.0 Å². The molecule has 0 aromatic heterocycles. The van der Waals surface area contributed by atoms with Crippen LogP contribution in [0.25, 0.3) is 0 Å². The number of benzene rings is 1. The lowest BCUT2D eigenvalue weighted by Crippen LogP contribution is -2.46. The van der Waals surface area contributed by atoms with E-state index in [-0.39, 0.29) is 0 Å². The smallest absolute Gasteiger partial charge is 0.0101 e. The summed E-state index contributed by atoms with van der Waals surface area (Å²) in [5.74, 6) is 2.29. The maximum atomic E-state index is 3.39. The average Bonchev–Trinajstić information content (AvgIpc) is 2.29. The van der Waals surface area contributed by atoms with E-state index in [2.05, 4.69) is 57.4 Å². The van der Waals surface area contributed by atoms with Gasteiger partial charge in [0.15, 0.2) is 0 Å². The van der Waals surface area contributed by atoms with Gasteiger partial charge in [-0.05, 0) is 48.8 Å². The molecule has 94 valence electrons. The van der Waals surface area contributed by atoms with E-state index in [9.17, 15) is 0 Å². The van der Waals surface area contributed by atoms with Gasteiger partial charge < -0.3 is 5.32 Å². The first-order valence-corrected chi connectivity index (χ1v) is 6.88. The second kappa shape index (κ2) is 5.22. The summed E-state index contributed by atoms with van der Waals surface area (Å²) in [5.41, 5.74) is 3.00. The molecule has 1 heteroatoms. The molecule has 1 aliphatic carbocycles. The van der Waals surface area contributed by atoms with Crippen LogP contribution in [0, 0.1) is 11.8 Å². The Hall–Kier alpha value is -0.820. The third kappa shape index (κ3) is 2.71. The second-order valence-electron chi connectivity index (χ2n) is 5.94. The Morgan fingerprint density at radius 2 is 1.88 bits per heavy atom. The Balaban J connectivity index is 1.99. The monoisotopic (exact) mass is 231 g/mol. The normalized spacial score (nSPS) is 28.2. The largest absolute Gasteiger partial charge is 0.317 e. The molecule has 0 heterocycles. The molecule has 0 amide bonds. The summed E-state index contributed by atoms with van der Waals surface area (Å²) < 4.78 is 0. The molecule has 1 nitrogen and oxygen atoms in total. The minimum absolute atomic E-state index is 0.718. The lowest BCUT2D eigenvalue weighted by atomic mass is 9.67. The van der Waals surface area contributed by atoms with Crippen LogP contribution in [0.1, 0.15) is 44.2 Å². The molecule has 0 radical (unpaired) electrons. The fourth-order valence-electron chi connectivity index (χ4n) is 2.98. The molecule has 0 spiro atoms. The van der Waals surface area contributed by atoms with Crippen LogP contribution >= 0.6 is 0 Å². The minimum atomic E-state index is 0.718. The first-order chi connectivity index (χ1) is 8.11. The van der Waals surface area contributed by atoms with Crippen molar-refractivity contribution in [2.75, 3.05) is 7.05 Å². The van der Waals surface area contributed by atoms with Crippen LogP contribution < -0.4 is 5.32 Å². The third-order valence-electron chi connectivity index (χ3n) is 4.20. The van der Waals surface area contributed by atoms with Crippen molar-refractivity contribution in [2.45, 2.75) is 45.6 Å². The lowest BCUT2D eigenvalue weighted by Gasteiger charge is -2.43. The molecule has 0 saturated heterocycles. The van der Waals surface area contributed by atoms with Crippen LogP contribution in [-0.4, -0.2) is 13.1 Å². The lowest BCUT2D eigenvalue weighted by molar-refractivity contribution is 0.194. The molecule has 1 aromatic rings. The highest BCUT2D eigenvalue weighted by Crippen LogP contribution is 2.42.